The van der Waals surface area contributed by atoms with Crippen molar-refractivity contribution in [1.29, 1.82) is 0 Å². The van der Waals surface area contributed by atoms with Crippen LogP contribution < -0.4 is 5.32 Å². The normalized spacial score (nSPS) is 14.1. The van der Waals surface area contributed by atoms with Crippen molar-refractivity contribution in [2.45, 2.75) is 18.7 Å². The number of sulfone groups is 1. The topological polar surface area (TPSA) is 66.4 Å². The van der Waals surface area contributed by atoms with Crippen molar-refractivity contribution in [3.05, 3.63) is 35.4 Å². The largest absolute Gasteiger partial charge is 0.416 e. The zero-order valence-electron chi connectivity index (χ0n) is 11.5. The molecule has 1 atom stereocenters. The summed E-state index contributed by atoms with van der Waals surface area (Å²) >= 11 is 0. The number of benzene rings is 1. The maximum absolute atomic E-state index is 12.5. The first kappa shape index (κ1) is 17.9. The van der Waals surface area contributed by atoms with Crippen molar-refractivity contribution in [3.63, 3.8) is 0 Å². The lowest BCUT2D eigenvalue weighted by molar-refractivity contribution is -0.137. The highest BCUT2D eigenvalue weighted by Crippen LogP contribution is 2.30. The number of aliphatic hydroxyl groups is 1. The van der Waals surface area contributed by atoms with Crippen LogP contribution in [0.4, 0.5) is 13.2 Å². The minimum atomic E-state index is -4.45. The molecule has 21 heavy (non-hydrogen) atoms. The van der Waals surface area contributed by atoms with Gasteiger partial charge in [-0.05, 0) is 30.7 Å². The van der Waals surface area contributed by atoms with E-state index in [1.165, 1.54) is 12.1 Å². The van der Waals surface area contributed by atoms with Gasteiger partial charge in [-0.15, -0.1) is 0 Å². The molecule has 0 bridgehead atoms. The van der Waals surface area contributed by atoms with Crippen LogP contribution in [0.15, 0.2) is 24.3 Å². The fourth-order valence-corrected chi connectivity index (χ4v) is 2.41. The van der Waals surface area contributed by atoms with Gasteiger partial charge in [0, 0.05) is 12.8 Å². The zero-order valence-corrected chi connectivity index (χ0v) is 12.3. The molecule has 0 amide bonds. The highest BCUT2D eigenvalue weighted by molar-refractivity contribution is 7.90. The summed E-state index contributed by atoms with van der Waals surface area (Å²) in [6, 6.07) is 4.50. The van der Waals surface area contributed by atoms with Crippen LogP contribution in [0.25, 0.3) is 0 Å². The molecule has 120 valence electrons. The van der Waals surface area contributed by atoms with Crippen molar-refractivity contribution in [2.24, 2.45) is 0 Å². The van der Waals surface area contributed by atoms with Gasteiger partial charge in [0.1, 0.15) is 9.84 Å². The lowest BCUT2D eigenvalue weighted by Gasteiger charge is -2.14. The van der Waals surface area contributed by atoms with E-state index in [4.69, 9.17) is 0 Å². The van der Waals surface area contributed by atoms with Gasteiger partial charge < -0.3 is 10.4 Å². The molecule has 0 aliphatic heterocycles. The molecule has 0 fully saturated rings. The molecule has 1 unspecified atom stereocenters. The summed E-state index contributed by atoms with van der Waals surface area (Å²) in [5.74, 6) is 0.0274. The highest BCUT2D eigenvalue weighted by atomic mass is 32.2. The number of rotatable bonds is 7. The number of nitrogens with one attached hydrogen (secondary N) is 1. The van der Waals surface area contributed by atoms with Gasteiger partial charge in [-0.1, -0.05) is 12.1 Å². The third-order valence-electron chi connectivity index (χ3n) is 2.81. The fourth-order valence-electron chi connectivity index (χ4n) is 1.74. The van der Waals surface area contributed by atoms with Gasteiger partial charge in [0.2, 0.25) is 0 Å². The molecule has 2 N–H and O–H groups in total. The number of aliphatic hydroxyl groups excluding tert-OH is 1. The van der Waals surface area contributed by atoms with Crippen molar-refractivity contribution in [3.8, 4) is 0 Å². The predicted octanol–water partition coefficient (Wildman–Crippen LogP) is 1.76. The summed E-state index contributed by atoms with van der Waals surface area (Å²) in [5, 5.41) is 12.6. The first-order valence-electron chi connectivity index (χ1n) is 6.33. The third-order valence-corrected chi connectivity index (χ3v) is 3.84. The molecule has 0 aliphatic rings. The number of halogens is 3. The van der Waals surface area contributed by atoms with E-state index >= 15 is 0 Å². The maximum atomic E-state index is 12.5. The zero-order chi connectivity index (χ0) is 16.1. The van der Waals surface area contributed by atoms with Gasteiger partial charge >= 0.3 is 6.18 Å². The average molecular weight is 325 g/mol. The van der Waals surface area contributed by atoms with Gasteiger partial charge in [0.05, 0.1) is 17.4 Å². The standard InChI is InChI=1S/C13H18F3NO3S/c1-21(19,20)7-3-6-17-9-12(18)10-4-2-5-11(8-10)13(14,15)16/h2,4-5,8,12,17-18H,3,6-7,9H2,1H3. The fraction of sp³-hybridized carbons (Fsp3) is 0.538. The molecule has 0 radical (unpaired) electrons. The third kappa shape index (κ3) is 6.92. The summed E-state index contributed by atoms with van der Waals surface area (Å²) in [4.78, 5) is 0. The Balaban J connectivity index is 2.47. The van der Waals surface area contributed by atoms with Gasteiger partial charge in [-0.25, -0.2) is 8.42 Å². The number of hydrogen-bond donors (Lipinski definition) is 2. The molecule has 1 aromatic carbocycles. The Morgan fingerprint density at radius 2 is 2.00 bits per heavy atom. The van der Waals surface area contributed by atoms with Crippen LogP contribution in [0, 0.1) is 0 Å². The van der Waals surface area contributed by atoms with E-state index in [1.54, 1.807) is 0 Å². The van der Waals surface area contributed by atoms with Crippen molar-refractivity contribution >= 4 is 9.84 Å². The van der Waals surface area contributed by atoms with Crippen LogP contribution in [0.1, 0.15) is 23.7 Å². The molecule has 1 rings (SSSR count). The second-order valence-corrected chi connectivity index (χ2v) is 7.09. The van der Waals surface area contributed by atoms with E-state index in [2.05, 4.69) is 5.32 Å². The van der Waals surface area contributed by atoms with Crippen molar-refractivity contribution in [1.82, 2.24) is 5.32 Å². The average Bonchev–Trinajstić information content (AvgIpc) is 2.36. The van der Waals surface area contributed by atoms with Crippen molar-refractivity contribution in [2.75, 3.05) is 25.1 Å². The van der Waals surface area contributed by atoms with Crippen LogP contribution >= 0.6 is 0 Å². The molecule has 8 heteroatoms. The second-order valence-electron chi connectivity index (χ2n) is 4.83. The first-order valence-corrected chi connectivity index (χ1v) is 8.39. The van der Waals surface area contributed by atoms with Crippen LogP contribution in [-0.4, -0.2) is 38.6 Å². The first-order chi connectivity index (χ1) is 9.59. The molecule has 0 aliphatic carbocycles. The van der Waals surface area contributed by atoms with Gasteiger partial charge in [-0.2, -0.15) is 13.2 Å². The Bertz CT molecular complexity index is 558. The monoisotopic (exact) mass is 325 g/mol. The lowest BCUT2D eigenvalue weighted by Crippen LogP contribution is -2.24. The molecular weight excluding hydrogens is 307 g/mol. The number of alkyl halides is 3. The maximum Gasteiger partial charge on any atom is 0.416 e. The van der Waals surface area contributed by atoms with E-state index in [9.17, 15) is 26.7 Å². The number of hydrogen-bond acceptors (Lipinski definition) is 4. The summed E-state index contributed by atoms with van der Waals surface area (Å²) in [6.45, 7) is 0.425. The summed E-state index contributed by atoms with van der Waals surface area (Å²) in [5.41, 5.74) is -0.642. The van der Waals surface area contributed by atoms with E-state index in [0.717, 1.165) is 18.4 Å². The lowest BCUT2D eigenvalue weighted by atomic mass is 10.1. The van der Waals surface area contributed by atoms with Gasteiger partial charge in [0.15, 0.2) is 0 Å². The quantitative estimate of drug-likeness (QED) is 0.750. The molecule has 0 saturated heterocycles. The van der Waals surface area contributed by atoms with E-state index < -0.39 is 27.7 Å². The van der Waals surface area contributed by atoms with E-state index in [1.807, 2.05) is 0 Å². The molecule has 0 saturated carbocycles. The predicted molar refractivity (Wildman–Crippen MR) is 73.6 cm³/mol. The Labute approximate surface area is 121 Å². The van der Waals surface area contributed by atoms with Crippen LogP contribution in [0.5, 0.6) is 0 Å². The molecule has 4 nitrogen and oxygen atoms in total. The highest BCUT2D eigenvalue weighted by Gasteiger charge is 2.30. The van der Waals surface area contributed by atoms with E-state index in [-0.39, 0.29) is 17.9 Å². The second kappa shape index (κ2) is 7.24. The minimum absolute atomic E-state index is 0.0274. The van der Waals surface area contributed by atoms with Crippen LogP contribution in [-0.2, 0) is 16.0 Å². The Kier molecular flexibility index (Phi) is 6.18. The Morgan fingerprint density at radius 1 is 1.33 bits per heavy atom. The summed E-state index contributed by atoms with van der Waals surface area (Å²) in [6.07, 6.45) is -4.01. The summed E-state index contributed by atoms with van der Waals surface area (Å²) < 4.78 is 59.4. The van der Waals surface area contributed by atoms with Gasteiger partial charge in [0.25, 0.3) is 0 Å². The molecular formula is C13H18F3NO3S. The van der Waals surface area contributed by atoms with Crippen molar-refractivity contribution < 1.29 is 26.7 Å². The van der Waals surface area contributed by atoms with Crippen LogP contribution in [0.2, 0.25) is 0 Å². The molecule has 0 heterocycles. The van der Waals surface area contributed by atoms with E-state index in [0.29, 0.717) is 13.0 Å². The Morgan fingerprint density at radius 3 is 2.57 bits per heavy atom. The Hall–Kier alpha value is -1.12. The van der Waals surface area contributed by atoms with Crippen LogP contribution in [0.3, 0.4) is 0 Å². The SMILES string of the molecule is CS(=O)(=O)CCCNCC(O)c1cccc(C(F)(F)F)c1. The molecule has 1 aromatic rings. The molecule has 0 spiro atoms. The summed E-state index contributed by atoms with van der Waals surface area (Å²) in [7, 11) is -3.03. The smallest absolute Gasteiger partial charge is 0.387 e. The van der Waals surface area contributed by atoms with Gasteiger partial charge in [-0.3, -0.25) is 0 Å². The molecule has 0 aromatic heterocycles. The minimum Gasteiger partial charge on any atom is -0.387 e.